The molecule has 2 aliphatic heterocycles. The Balaban J connectivity index is 2.13. The monoisotopic (exact) mass is 418 g/mol. The Hall–Kier alpha value is -2.15. The molecule has 148 valence electrons. The third kappa shape index (κ3) is 3.60. The van der Waals surface area contributed by atoms with Crippen LogP contribution >= 0.6 is 24.0 Å². The summed E-state index contributed by atoms with van der Waals surface area (Å²) in [6.07, 6.45) is 3.87. The molecule has 7 nitrogen and oxygen atoms in total. The van der Waals surface area contributed by atoms with E-state index >= 15 is 0 Å². The van der Waals surface area contributed by atoms with Crippen LogP contribution in [0.4, 0.5) is 5.82 Å². The maximum Gasteiger partial charge on any atom is 0.270 e. The van der Waals surface area contributed by atoms with Crippen molar-refractivity contribution in [3.05, 3.63) is 31.9 Å². The zero-order valence-electron chi connectivity index (χ0n) is 16.2. The summed E-state index contributed by atoms with van der Waals surface area (Å²) < 4.78 is 7.06. The van der Waals surface area contributed by atoms with Gasteiger partial charge in [-0.1, -0.05) is 24.0 Å². The molecule has 9 heteroatoms. The van der Waals surface area contributed by atoms with Crippen LogP contribution in [0, 0.1) is 18.3 Å². The molecule has 0 saturated carbocycles. The van der Waals surface area contributed by atoms with E-state index in [0.717, 1.165) is 37.3 Å². The van der Waals surface area contributed by atoms with Gasteiger partial charge in [-0.2, -0.15) is 5.26 Å². The number of thioether (sulfide) groups is 1. The second-order valence-corrected chi connectivity index (χ2v) is 8.41. The number of hydrogen-bond donors (Lipinski definition) is 0. The van der Waals surface area contributed by atoms with Crippen LogP contribution in [0.25, 0.3) is 6.08 Å². The van der Waals surface area contributed by atoms with Gasteiger partial charge in [0.1, 0.15) is 21.8 Å². The first-order valence-electron chi connectivity index (χ1n) is 9.03. The Labute approximate surface area is 173 Å². The number of nitriles is 1. The Morgan fingerprint density at radius 3 is 2.61 bits per heavy atom. The van der Waals surface area contributed by atoms with Crippen molar-refractivity contribution in [1.29, 1.82) is 5.26 Å². The van der Waals surface area contributed by atoms with Crippen molar-refractivity contribution in [2.45, 2.75) is 19.8 Å². The lowest BCUT2D eigenvalue weighted by Crippen LogP contribution is -2.32. The maximum absolute atomic E-state index is 12.8. The van der Waals surface area contributed by atoms with Crippen molar-refractivity contribution in [3.8, 4) is 6.07 Å². The molecule has 2 fully saturated rings. The summed E-state index contributed by atoms with van der Waals surface area (Å²) in [6.45, 7) is 4.24. The summed E-state index contributed by atoms with van der Waals surface area (Å²) in [5.74, 6) is 0.576. The van der Waals surface area contributed by atoms with E-state index in [-0.39, 0.29) is 17.0 Å². The van der Waals surface area contributed by atoms with Crippen LogP contribution in [0.2, 0.25) is 0 Å². The number of thiocarbonyl (C=S) groups is 1. The van der Waals surface area contributed by atoms with E-state index in [1.165, 1.54) is 21.2 Å². The molecule has 0 radical (unpaired) electrons. The summed E-state index contributed by atoms with van der Waals surface area (Å²) in [4.78, 5) is 29.6. The van der Waals surface area contributed by atoms with Gasteiger partial charge in [-0.05, 0) is 31.4 Å². The van der Waals surface area contributed by atoms with Gasteiger partial charge in [0.25, 0.3) is 11.5 Å². The lowest BCUT2D eigenvalue weighted by Gasteiger charge is -2.25. The number of methoxy groups -OCH3 is 1. The average Bonchev–Trinajstić information content (AvgIpc) is 3.28. The number of amides is 1. The number of pyridine rings is 1. The highest BCUT2D eigenvalue weighted by Gasteiger charge is 2.33. The molecule has 0 aromatic carbocycles. The van der Waals surface area contributed by atoms with Crippen molar-refractivity contribution in [3.63, 3.8) is 0 Å². The van der Waals surface area contributed by atoms with Crippen LogP contribution in [0.1, 0.15) is 29.5 Å². The molecule has 0 atom stereocenters. The second-order valence-electron chi connectivity index (χ2n) is 6.73. The fraction of sp³-hybridized carbons (Fsp3) is 0.474. The minimum absolute atomic E-state index is 0.103. The van der Waals surface area contributed by atoms with Crippen molar-refractivity contribution >= 4 is 46.1 Å². The number of hydrogen-bond acceptors (Lipinski definition) is 7. The molecule has 1 aromatic rings. The number of ether oxygens (including phenoxy) is 1. The normalized spacial score (nSPS) is 18.4. The lowest BCUT2D eigenvalue weighted by atomic mass is 10.0. The molecule has 0 spiro atoms. The highest BCUT2D eigenvalue weighted by molar-refractivity contribution is 8.26. The van der Waals surface area contributed by atoms with E-state index < -0.39 is 0 Å². The van der Waals surface area contributed by atoms with Gasteiger partial charge < -0.3 is 9.64 Å². The van der Waals surface area contributed by atoms with Gasteiger partial charge in [0.2, 0.25) is 0 Å². The van der Waals surface area contributed by atoms with Crippen LogP contribution in [0.5, 0.6) is 0 Å². The quantitative estimate of drug-likeness (QED) is 0.535. The van der Waals surface area contributed by atoms with Crippen LogP contribution in [0.3, 0.4) is 0 Å². The molecule has 1 amide bonds. The van der Waals surface area contributed by atoms with Gasteiger partial charge in [0, 0.05) is 32.8 Å². The number of anilines is 1. The van der Waals surface area contributed by atoms with Crippen molar-refractivity contribution in [2.24, 2.45) is 7.05 Å². The topological polar surface area (TPSA) is 78.6 Å². The highest BCUT2D eigenvalue weighted by Crippen LogP contribution is 2.36. The zero-order valence-corrected chi connectivity index (χ0v) is 17.8. The number of nitrogens with zero attached hydrogens (tertiary/aromatic N) is 4. The Morgan fingerprint density at radius 1 is 1.32 bits per heavy atom. The third-order valence-electron chi connectivity index (χ3n) is 5.04. The fourth-order valence-electron chi connectivity index (χ4n) is 3.53. The predicted molar refractivity (Wildman–Crippen MR) is 114 cm³/mol. The van der Waals surface area contributed by atoms with Crippen molar-refractivity contribution < 1.29 is 9.53 Å². The zero-order chi connectivity index (χ0) is 20.4. The Kier molecular flexibility index (Phi) is 6.23. The molecule has 1 aromatic heterocycles. The van der Waals surface area contributed by atoms with E-state index in [2.05, 4.69) is 4.90 Å². The molecule has 0 N–H and O–H groups in total. The molecule has 0 unspecified atom stereocenters. The van der Waals surface area contributed by atoms with Crippen LogP contribution in [-0.4, -0.2) is 53.0 Å². The van der Waals surface area contributed by atoms with E-state index in [1.54, 1.807) is 27.2 Å². The number of carbonyl (C=O) groups excluding carboxylic acids is 1. The van der Waals surface area contributed by atoms with E-state index in [4.69, 9.17) is 17.0 Å². The SMILES string of the molecule is COCCN1C(=O)/C(=C\c2c(C)c(C#N)c(=O)n(C)c2N2CCCC2)SC1=S. The minimum atomic E-state index is -0.313. The number of rotatable bonds is 5. The van der Waals surface area contributed by atoms with E-state index in [1.807, 2.05) is 6.07 Å². The smallest absolute Gasteiger partial charge is 0.270 e. The molecular formula is C19H22N4O3S2. The largest absolute Gasteiger partial charge is 0.383 e. The number of aromatic nitrogens is 1. The molecule has 3 rings (SSSR count). The highest BCUT2D eigenvalue weighted by atomic mass is 32.2. The Bertz CT molecular complexity index is 955. The fourth-order valence-corrected chi connectivity index (χ4v) is 4.82. The summed E-state index contributed by atoms with van der Waals surface area (Å²) in [7, 11) is 3.25. The van der Waals surface area contributed by atoms with Crippen molar-refractivity contribution in [2.75, 3.05) is 38.3 Å². The molecule has 0 bridgehead atoms. The summed E-state index contributed by atoms with van der Waals surface area (Å²) >= 11 is 6.58. The van der Waals surface area contributed by atoms with E-state index in [9.17, 15) is 14.9 Å². The summed E-state index contributed by atoms with van der Waals surface area (Å²) in [6, 6.07) is 2.02. The van der Waals surface area contributed by atoms with Gasteiger partial charge in [0.15, 0.2) is 0 Å². The van der Waals surface area contributed by atoms with Gasteiger partial charge in [-0.25, -0.2) is 0 Å². The third-order valence-corrected chi connectivity index (χ3v) is 6.42. The first kappa shape index (κ1) is 20.6. The van der Waals surface area contributed by atoms with Gasteiger partial charge in [-0.3, -0.25) is 19.1 Å². The number of carbonyl (C=O) groups is 1. The van der Waals surface area contributed by atoms with Gasteiger partial charge in [0.05, 0.1) is 18.1 Å². The molecule has 28 heavy (non-hydrogen) atoms. The maximum atomic E-state index is 12.8. The average molecular weight is 419 g/mol. The first-order chi connectivity index (χ1) is 13.4. The lowest BCUT2D eigenvalue weighted by molar-refractivity contribution is -0.122. The predicted octanol–water partition coefficient (Wildman–Crippen LogP) is 2.01. The van der Waals surface area contributed by atoms with Crippen LogP contribution in [-0.2, 0) is 16.6 Å². The van der Waals surface area contributed by atoms with Gasteiger partial charge >= 0.3 is 0 Å². The minimum Gasteiger partial charge on any atom is -0.383 e. The summed E-state index contributed by atoms with van der Waals surface area (Å²) in [5, 5.41) is 9.49. The van der Waals surface area contributed by atoms with Crippen LogP contribution < -0.4 is 10.5 Å². The molecular weight excluding hydrogens is 396 g/mol. The molecule has 2 aliphatic rings. The van der Waals surface area contributed by atoms with Gasteiger partial charge in [-0.15, -0.1) is 0 Å². The molecule has 0 aliphatic carbocycles. The molecule has 3 heterocycles. The van der Waals surface area contributed by atoms with Crippen LogP contribution in [0.15, 0.2) is 9.70 Å². The second kappa shape index (κ2) is 8.47. The summed E-state index contributed by atoms with van der Waals surface area (Å²) in [5.41, 5.74) is 1.11. The first-order valence-corrected chi connectivity index (χ1v) is 10.3. The standard InChI is InChI=1S/C19H22N4O3S2/c1-12-13(10-15-18(25)23(8-9-26-3)19(27)28-15)16(22-6-4-5-7-22)21(2)17(24)14(12)11-20/h10H,4-9H2,1-3H3/b15-10+. The molecule has 2 saturated heterocycles. The Morgan fingerprint density at radius 2 is 2.00 bits per heavy atom. The van der Waals surface area contributed by atoms with Crippen molar-refractivity contribution in [1.82, 2.24) is 9.47 Å². The van der Waals surface area contributed by atoms with E-state index in [0.29, 0.717) is 27.9 Å².